The molecule has 3 aromatic heterocycles. The molecule has 0 bridgehead atoms. The number of hydrogen-bond acceptors (Lipinski definition) is 4. The minimum atomic E-state index is -4.49. The van der Waals surface area contributed by atoms with Gasteiger partial charge in [-0.1, -0.05) is 60.7 Å². The molecule has 0 radical (unpaired) electrons. The molecular weight excluding hydrogens is 533 g/mol. The van der Waals surface area contributed by atoms with Crippen molar-refractivity contribution >= 4 is 39.3 Å². The summed E-state index contributed by atoms with van der Waals surface area (Å²) in [5.74, 6) is 0. The predicted octanol–water partition coefficient (Wildman–Crippen LogP) is 9.91. The summed E-state index contributed by atoms with van der Waals surface area (Å²) in [5.41, 5.74) is 3.72. The van der Waals surface area contributed by atoms with Crippen LogP contribution in [-0.4, -0.2) is 4.98 Å². The van der Waals surface area contributed by atoms with Crippen LogP contribution in [0.5, 0.6) is 0 Å². The minimum Gasteiger partial charge on any atom is -0.380 e. The molecule has 0 saturated heterocycles. The van der Waals surface area contributed by atoms with Crippen LogP contribution in [0.1, 0.15) is 21.6 Å². The number of halogens is 3. The van der Waals surface area contributed by atoms with Crippen LogP contribution in [0.25, 0.3) is 31.8 Å². The first-order chi connectivity index (χ1) is 19.0. The van der Waals surface area contributed by atoms with E-state index >= 15 is 0 Å². The summed E-state index contributed by atoms with van der Waals surface area (Å²) >= 11 is 3.48. The van der Waals surface area contributed by atoms with Gasteiger partial charge in [-0.3, -0.25) is 4.98 Å². The number of alkyl halides is 3. The molecule has 2 nitrogen and oxygen atoms in total. The molecule has 39 heavy (non-hydrogen) atoms. The van der Waals surface area contributed by atoms with Crippen molar-refractivity contribution in [1.82, 2.24) is 4.98 Å². The van der Waals surface area contributed by atoms with Gasteiger partial charge in [-0.05, 0) is 70.5 Å². The highest BCUT2D eigenvalue weighted by Crippen LogP contribution is 2.39. The van der Waals surface area contributed by atoms with E-state index in [1.54, 1.807) is 34.9 Å². The standard InChI is InChI=1S/C32H23F3N2S2/c33-32(34,35)27-12-5-11-26-30(23(19-37-31(26)27)17-21-7-2-1-3-8-21)22-9-4-10-24(18-22)36-20-25-14-15-29(39-25)28-13-6-16-38-28/h1-16,18-19,36H,17,20H2. The van der Waals surface area contributed by atoms with E-state index in [4.69, 9.17) is 0 Å². The Morgan fingerprint density at radius 3 is 2.44 bits per heavy atom. The van der Waals surface area contributed by atoms with Crippen LogP contribution in [0, 0.1) is 0 Å². The number of thiophene rings is 2. The van der Waals surface area contributed by atoms with Gasteiger partial charge in [0.25, 0.3) is 0 Å². The van der Waals surface area contributed by atoms with Crippen molar-refractivity contribution in [3.05, 3.63) is 130 Å². The maximum atomic E-state index is 13.9. The smallest absolute Gasteiger partial charge is 0.380 e. The first kappa shape index (κ1) is 25.3. The summed E-state index contributed by atoms with van der Waals surface area (Å²) in [6, 6.07) is 30.5. The molecule has 194 valence electrons. The van der Waals surface area contributed by atoms with Crippen molar-refractivity contribution < 1.29 is 13.2 Å². The predicted molar refractivity (Wildman–Crippen MR) is 156 cm³/mol. The van der Waals surface area contributed by atoms with Gasteiger partial charge in [0, 0.05) is 38.4 Å². The average Bonchev–Trinajstić information content (AvgIpc) is 3.64. The molecule has 0 fully saturated rings. The number of hydrogen-bond donors (Lipinski definition) is 1. The SMILES string of the molecule is FC(F)(F)c1cccc2c(-c3cccc(NCc4ccc(-c5cccs5)s4)c3)c(Cc3ccccc3)cnc12. The van der Waals surface area contributed by atoms with E-state index in [1.165, 1.54) is 20.7 Å². The van der Waals surface area contributed by atoms with Crippen molar-refractivity contribution in [3.63, 3.8) is 0 Å². The molecule has 3 aromatic carbocycles. The van der Waals surface area contributed by atoms with Gasteiger partial charge < -0.3 is 5.32 Å². The van der Waals surface area contributed by atoms with Crippen LogP contribution < -0.4 is 5.32 Å². The Labute approximate surface area is 232 Å². The van der Waals surface area contributed by atoms with Gasteiger partial charge in [0.05, 0.1) is 11.1 Å². The third kappa shape index (κ3) is 5.46. The van der Waals surface area contributed by atoms with Gasteiger partial charge in [0.1, 0.15) is 0 Å². The van der Waals surface area contributed by atoms with Gasteiger partial charge in [-0.15, -0.1) is 22.7 Å². The molecule has 0 aliphatic rings. The average molecular weight is 557 g/mol. The number of benzene rings is 3. The van der Waals surface area contributed by atoms with Crippen molar-refractivity contribution in [1.29, 1.82) is 0 Å². The maximum absolute atomic E-state index is 13.9. The van der Waals surface area contributed by atoms with E-state index in [-0.39, 0.29) is 5.52 Å². The van der Waals surface area contributed by atoms with E-state index in [0.717, 1.165) is 34.0 Å². The quantitative estimate of drug-likeness (QED) is 0.212. The largest absolute Gasteiger partial charge is 0.418 e. The lowest BCUT2D eigenvalue weighted by Crippen LogP contribution is -2.07. The molecule has 0 saturated carbocycles. The second-order valence-corrected chi connectivity index (χ2v) is 11.3. The first-order valence-corrected chi connectivity index (χ1v) is 14.1. The maximum Gasteiger partial charge on any atom is 0.418 e. The summed E-state index contributed by atoms with van der Waals surface area (Å²) in [6.45, 7) is 0.658. The van der Waals surface area contributed by atoms with E-state index in [2.05, 4.69) is 39.9 Å². The Morgan fingerprint density at radius 1 is 0.795 bits per heavy atom. The van der Waals surface area contributed by atoms with Crippen molar-refractivity contribution in [2.24, 2.45) is 0 Å². The molecule has 0 spiro atoms. The molecule has 1 N–H and O–H groups in total. The lowest BCUT2D eigenvalue weighted by atomic mass is 9.91. The monoisotopic (exact) mass is 556 g/mol. The van der Waals surface area contributed by atoms with Gasteiger partial charge >= 0.3 is 6.18 Å². The normalized spacial score (nSPS) is 11.7. The van der Waals surface area contributed by atoms with E-state index in [1.807, 2.05) is 54.6 Å². The number of fused-ring (bicyclic) bond motifs is 1. The fourth-order valence-electron chi connectivity index (χ4n) is 4.78. The number of para-hydroxylation sites is 1. The number of nitrogens with zero attached hydrogens (tertiary/aromatic N) is 1. The minimum absolute atomic E-state index is 0.0325. The van der Waals surface area contributed by atoms with E-state index < -0.39 is 11.7 Å². The number of anilines is 1. The molecule has 0 aliphatic heterocycles. The molecule has 3 heterocycles. The molecule has 6 aromatic rings. The summed E-state index contributed by atoms with van der Waals surface area (Å²) in [6.07, 6.45) is -2.33. The van der Waals surface area contributed by atoms with Gasteiger partial charge in [0.15, 0.2) is 0 Å². The van der Waals surface area contributed by atoms with Crippen molar-refractivity contribution in [3.8, 4) is 20.9 Å². The van der Waals surface area contributed by atoms with Crippen LogP contribution in [0.15, 0.2) is 109 Å². The molecule has 0 amide bonds. The Balaban J connectivity index is 1.38. The van der Waals surface area contributed by atoms with Gasteiger partial charge in [-0.25, -0.2) is 0 Å². The molecule has 0 aliphatic carbocycles. The van der Waals surface area contributed by atoms with E-state index in [0.29, 0.717) is 18.4 Å². The van der Waals surface area contributed by atoms with Crippen molar-refractivity contribution in [2.75, 3.05) is 5.32 Å². The fraction of sp³-hybridized carbons (Fsp3) is 0.0938. The zero-order chi connectivity index (χ0) is 26.8. The number of nitrogens with one attached hydrogen (secondary N) is 1. The van der Waals surface area contributed by atoms with Gasteiger partial charge in [-0.2, -0.15) is 13.2 Å². The lowest BCUT2D eigenvalue weighted by Gasteiger charge is -2.17. The Hall–Kier alpha value is -3.94. The Bertz CT molecular complexity index is 1720. The topological polar surface area (TPSA) is 24.9 Å². The lowest BCUT2D eigenvalue weighted by molar-refractivity contribution is -0.136. The van der Waals surface area contributed by atoms with Gasteiger partial charge in [0.2, 0.25) is 0 Å². The van der Waals surface area contributed by atoms with Crippen LogP contribution in [0.4, 0.5) is 18.9 Å². The molecule has 6 rings (SSSR count). The van der Waals surface area contributed by atoms with Crippen molar-refractivity contribution in [2.45, 2.75) is 19.1 Å². The van der Waals surface area contributed by atoms with Crippen LogP contribution in [0.3, 0.4) is 0 Å². The summed E-state index contributed by atoms with van der Waals surface area (Å²) < 4.78 is 41.6. The van der Waals surface area contributed by atoms with Crippen LogP contribution >= 0.6 is 22.7 Å². The van der Waals surface area contributed by atoms with Crippen LogP contribution in [-0.2, 0) is 19.1 Å². The second kappa shape index (κ2) is 10.7. The molecule has 0 atom stereocenters. The zero-order valence-corrected chi connectivity index (χ0v) is 22.3. The third-order valence-electron chi connectivity index (χ3n) is 6.56. The summed E-state index contributed by atoms with van der Waals surface area (Å²) in [4.78, 5) is 8.02. The fourth-order valence-corrected chi connectivity index (χ4v) is 6.56. The molecule has 0 unspecified atom stereocenters. The summed E-state index contributed by atoms with van der Waals surface area (Å²) in [5, 5.41) is 6.07. The number of rotatable bonds is 7. The first-order valence-electron chi connectivity index (χ1n) is 12.4. The molecule has 7 heteroatoms. The summed E-state index contributed by atoms with van der Waals surface area (Å²) in [7, 11) is 0. The third-order valence-corrected chi connectivity index (χ3v) is 8.71. The number of aromatic nitrogens is 1. The Kier molecular flexibility index (Phi) is 6.94. The highest BCUT2D eigenvalue weighted by Gasteiger charge is 2.33. The highest BCUT2D eigenvalue weighted by atomic mass is 32.1. The molecular formula is C32H23F3N2S2. The van der Waals surface area contributed by atoms with E-state index in [9.17, 15) is 13.2 Å². The zero-order valence-electron chi connectivity index (χ0n) is 20.7. The number of pyridine rings is 1. The highest BCUT2D eigenvalue weighted by molar-refractivity contribution is 7.21. The Morgan fingerprint density at radius 2 is 1.64 bits per heavy atom. The van der Waals surface area contributed by atoms with Crippen LogP contribution in [0.2, 0.25) is 0 Å². The second-order valence-electron chi connectivity index (χ2n) is 9.20.